The molecule has 0 aliphatic carbocycles. The smallest absolute Gasteiger partial charge is 0.223 e. The highest BCUT2D eigenvalue weighted by atomic mass is 16.5. The van der Waals surface area contributed by atoms with E-state index in [1.807, 2.05) is 4.90 Å². The number of aromatic nitrogens is 2. The number of rotatable bonds is 5. The van der Waals surface area contributed by atoms with Crippen LogP contribution in [0.4, 0.5) is 0 Å². The molecule has 3 aliphatic rings. The van der Waals surface area contributed by atoms with Crippen molar-refractivity contribution in [3.05, 3.63) is 70.9 Å². The second-order valence-corrected chi connectivity index (χ2v) is 9.95. The fourth-order valence-electron chi connectivity index (χ4n) is 5.76. The Morgan fingerprint density at radius 2 is 2.03 bits per heavy atom. The Morgan fingerprint density at radius 3 is 2.94 bits per heavy atom. The van der Waals surface area contributed by atoms with E-state index >= 15 is 0 Å². The van der Waals surface area contributed by atoms with Crippen molar-refractivity contribution in [1.82, 2.24) is 20.0 Å². The lowest BCUT2D eigenvalue weighted by Crippen LogP contribution is -2.40. The summed E-state index contributed by atoms with van der Waals surface area (Å²) in [6.07, 6.45) is 4.74. The van der Waals surface area contributed by atoms with Gasteiger partial charge in [0.25, 0.3) is 0 Å². The largest absolute Gasteiger partial charge is 0.493 e. The fraction of sp³-hybridized carbons (Fsp3) is 0.429. The monoisotopic (exact) mass is 456 g/mol. The molecule has 2 aromatic carbocycles. The summed E-state index contributed by atoms with van der Waals surface area (Å²) in [4.78, 5) is 17.9. The Balaban J connectivity index is 1.11. The van der Waals surface area contributed by atoms with Crippen LogP contribution in [0.25, 0.3) is 11.3 Å². The summed E-state index contributed by atoms with van der Waals surface area (Å²) in [5.41, 5.74) is 7.03. The molecule has 1 saturated heterocycles. The van der Waals surface area contributed by atoms with Crippen LogP contribution in [0.3, 0.4) is 0 Å². The van der Waals surface area contributed by atoms with Crippen molar-refractivity contribution in [2.24, 2.45) is 5.92 Å². The highest BCUT2D eigenvalue weighted by Crippen LogP contribution is 2.34. The van der Waals surface area contributed by atoms with Crippen molar-refractivity contribution >= 4 is 5.91 Å². The Labute approximate surface area is 200 Å². The molecule has 34 heavy (non-hydrogen) atoms. The summed E-state index contributed by atoms with van der Waals surface area (Å²) in [7, 11) is 0. The van der Waals surface area contributed by atoms with Crippen LogP contribution in [0, 0.1) is 5.92 Å². The molecule has 0 unspecified atom stereocenters. The zero-order valence-corrected chi connectivity index (χ0v) is 19.6. The average Bonchev–Trinajstić information content (AvgIpc) is 3.51. The number of hydrogen-bond acceptors (Lipinski definition) is 4. The Bertz CT molecular complexity index is 1170. The summed E-state index contributed by atoms with van der Waals surface area (Å²) in [6, 6.07) is 17.0. The summed E-state index contributed by atoms with van der Waals surface area (Å²) in [5, 5.41) is 7.88. The number of nitrogens with zero attached hydrogens (tertiary/aromatic N) is 3. The summed E-state index contributed by atoms with van der Waals surface area (Å²) in [6.45, 7) is 5.28. The number of nitrogens with one attached hydrogen (secondary N) is 1. The van der Waals surface area contributed by atoms with E-state index in [0.717, 1.165) is 69.1 Å². The third-order valence-corrected chi connectivity index (χ3v) is 7.56. The Kier molecular flexibility index (Phi) is 5.83. The molecule has 3 aromatic rings. The second kappa shape index (κ2) is 9.26. The van der Waals surface area contributed by atoms with Crippen LogP contribution in [-0.4, -0.2) is 52.1 Å². The van der Waals surface area contributed by atoms with E-state index in [1.54, 1.807) is 0 Å². The van der Waals surface area contributed by atoms with Crippen molar-refractivity contribution in [3.63, 3.8) is 0 Å². The lowest BCUT2D eigenvalue weighted by molar-refractivity contribution is -0.133. The lowest BCUT2D eigenvalue weighted by Gasteiger charge is -2.34. The first-order chi connectivity index (χ1) is 16.7. The van der Waals surface area contributed by atoms with Crippen molar-refractivity contribution in [3.8, 4) is 17.0 Å². The summed E-state index contributed by atoms with van der Waals surface area (Å²) in [5.74, 6) is 1.71. The molecular formula is C28H32N4O2. The van der Waals surface area contributed by atoms with E-state index in [1.165, 1.54) is 28.8 Å². The molecule has 1 N–H and O–H groups in total. The summed E-state index contributed by atoms with van der Waals surface area (Å²) >= 11 is 0. The molecule has 0 bridgehead atoms. The van der Waals surface area contributed by atoms with E-state index < -0.39 is 0 Å². The van der Waals surface area contributed by atoms with E-state index in [0.29, 0.717) is 18.9 Å². The number of carbonyl (C=O) groups excluding carboxylic acids is 1. The minimum absolute atomic E-state index is 0.284. The molecule has 0 radical (unpaired) electrons. The average molecular weight is 457 g/mol. The van der Waals surface area contributed by atoms with Gasteiger partial charge in [-0.15, -0.1) is 0 Å². The van der Waals surface area contributed by atoms with Crippen LogP contribution >= 0.6 is 0 Å². The molecule has 6 heteroatoms. The molecule has 1 amide bonds. The van der Waals surface area contributed by atoms with Gasteiger partial charge in [0, 0.05) is 62.3 Å². The van der Waals surface area contributed by atoms with Gasteiger partial charge in [-0.1, -0.05) is 30.3 Å². The van der Waals surface area contributed by atoms with E-state index in [4.69, 9.17) is 4.74 Å². The normalized spacial score (nSPS) is 20.0. The van der Waals surface area contributed by atoms with Crippen LogP contribution in [-0.2, 0) is 30.7 Å². The van der Waals surface area contributed by atoms with Gasteiger partial charge >= 0.3 is 0 Å². The van der Waals surface area contributed by atoms with Crippen LogP contribution in [0.2, 0.25) is 0 Å². The van der Waals surface area contributed by atoms with Gasteiger partial charge in [-0.3, -0.25) is 14.8 Å². The number of benzene rings is 2. The van der Waals surface area contributed by atoms with Crippen LogP contribution in [0.1, 0.15) is 41.6 Å². The molecule has 0 saturated carbocycles. The second-order valence-electron chi connectivity index (χ2n) is 9.95. The maximum absolute atomic E-state index is 13.3. The first-order valence-corrected chi connectivity index (χ1v) is 12.6. The minimum Gasteiger partial charge on any atom is -0.493 e. The van der Waals surface area contributed by atoms with Crippen molar-refractivity contribution < 1.29 is 9.53 Å². The molecule has 1 aromatic heterocycles. The number of ether oxygens (including phenoxy) is 1. The molecule has 176 valence electrons. The fourth-order valence-corrected chi connectivity index (χ4v) is 5.76. The van der Waals surface area contributed by atoms with Crippen molar-refractivity contribution in [1.29, 1.82) is 0 Å². The molecule has 1 atom stereocenters. The van der Waals surface area contributed by atoms with Crippen LogP contribution in [0.15, 0.2) is 48.5 Å². The summed E-state index contributed by atoms with van der Waals surface area (Å²) < 4.78 is 5.66. The van der Waals surface area contributed by atoms with Gasteiger partial charge in [-0.05, 0) is 54.6 Å². The minimum atomic E-state index is 0.284. The highest BCUT2D eigenvalue weighted by molar-refractivity contribution is 5.77. The number of aromatic amines is 1. The van der Waals surface area contributed by atoms with E-state index in [2.05, 4.69) is 63.6 Å². The number of likely N-dealkylation sites (tertiary alicyclic amines) is 1. The van der Waals surface area contributed by atoms with Crippen LogP contribution < -0.4 is 4.74 Å². The first kappa shape index (κ1) is 21.4. The topological polar surface area (TPSA) is 61.5 Å². The highest BCUT2D eigenvalue weighted by Gasteiger charge is 2.29. The SMILES string of the molecule is O=C(C[C@@H]1CCCN(Cc2ccccc2)C1)N1CCc2[nH]nc(-c3ccc4c(c3)CCO4)c2C1. The molecule has 3 aliphatic heterocycles. The number of H-pyrrole nitrogens is 1. The number of fused-ring (bicyclic) bond motifs is 2. The standard InChI is InChI=1S/C28H32N4O2/c33-27(15-21-7-4-12-31(18-21)17-20-5-2-1-3-6-20)32-13-10-25-24(19-32)28(30-29-25)23-8-9-26-22(16-23)11-14-34-26/h1-3,5-6,8-9,16,21H,4,7,10-15,17-19H2,(H,29,30)/t21-/m0/s1. The van der Waals surface area contributed by atoms with Crippen LogP contribution in [0.5, 0.6) is 5.75 Å². The zero-order valence-electron chi connectivity index (χ0n) is 19.6. The molecule has 4 heterocycles. The number of hydrogen-bond donors (Lipinski definition) is 1. The lowest BCUT2D eigenvalue weighted by atomic mass is 9.93. The number of amides is 1. The Morgan fingerprint density at radius 1 is 1.12 bits per heavy atom. The van der Waals surface area contributed by atoms with E-state index in [-0.39, 0.29) is 5.91 Å². The Hall–Kier alpha value is -3.12. The molecule has 6 rings (SSSR count). The first-order valence-electron chi connectivity index (χ1n) is 12.6. The van der Waals surface area contributed by atoms with Gasteiger partial charge in [0.05, 0.1) is 12.3 Å². The third kappa shape index (κ3) is 4.34. The van der Waals surface area contributed by atoms with Crippen molar-refractivity contribution in [2.45, 2.75) is 45.2 Å². The van der Waals surface area contributed by atoms with Gasteiger partial charge in [-0.25, -0.2) is 0 Å². The zero-order chi connectivity index (χ0) is 22.9. The molecular weight excluding hydrogens is 424 g/mol. The van der Waals surface area contributed by atoms with Gasteiger partial charge in [-0.2, -0.15) is 5.10 Å². The third-order valence-electron chi connectivity index (χ3n) is 7.56. The molecule has 6 nitrogen and oxygen atoms in total. The van der Waals surface area contributed by atoms with Gasteiger partial charge in [0.15, 0.2) is 0 Å². The molecule has 0 spiro atoms. The number of carbonyl (C=O) groups is 1. The maximum atomic E-state index is 13.3. The van der Waals surface area contributed by atoms with Gasteiger partial charge in [0.2, 0.25) is 5.91 Å². The predicted molar refractivity (Wildman–Crippen MR) is 131 cm³/mol. The van der Waals surface area contributed by atoms with Gasteiger partial charge in [0.1, 0.15) is 5.75 Å². The van der Waals surface area contributed by atoms with E-state index in [9.17, 15) is 4.79 Å². The quantitative estimate of drug-likeness (QED) is 0.625. The van der Waals surface area contributed by atoms with Crippen molar-refractivity contribution in [2.75, 3.05) is 26.2 Å². The van der Waals surface area contributed by atoms with Gasteiger partial charge < -0.3 is 9.64 Å². The maximum Gasteiger partial charge on any atom is 0.223 e. The number of piperidine rings is 1. The predicted octanol–water partition coefficient (Wildman–Crippen LogP) is 4.20. The molecule has 1 fully saturated rings.